The first-order chi connectivity index (χ1) is 6.81. The van der Waals surface area contributed by atoms with Crippen molar-refractivity contribution in [3.05, 3.63) is 35.1 Å². The normalized spacial score (nSPS) is 20.1. The van der Waals surface area contributed by atoms with Gasteiger partial charge in [-0.3, -0.25) is 4.89 Å². The predicted molar refractivity (Wildman–Crippen MR) is 46.6 cm³/mol. The summed E-state index contributed by atoms with van der Waals surface area (Å²) in [7, 11) is 1.52. The van der Waals surface area contributed by atoms with Gasteiger partial charge in [0.2, 0.25) is 0 Å². The Balaban J connectivity index is 2.31. The molecule has 0 bridgehead atoms. The van der Waals surface area contributed by atoms with E-state index in [9.17, 15) is 4.39 Å². The van der Waals surface area contributed by atoms with E-state index in [1.807, 2.05) is 0 Å². The van der Waals surface area contributed by atoms with Gasteiger partial charge in [0.1, 0.15) is 11.9 Å². The number of halogens is 1. The highest BCUT2D eigenvalue weighted by Gasteiger charge is 2.22. The Morgan fingerprint density at radius 1 is 1.57 bits per heavy atom. The average molecular weight is 190 g/mol. The van der Waals surface area contributed by atoms with Crippen molar-refractivity contribution < 1.29 is 14.1 Å². The van der Waals surface area contributed by atoms with Gasteiger partial charge in [-0.25, -0.2) is 4.39 Å². The monoisotopic (exact) mass is 190 g/mol. The lowest BCUT2D eigenvalue weighted by Gasteiger charge is -2.05. The Bertz CT molecular complexity index is 385. The van der Waals surface area contributed by atoms with E-state index in [-0.39, 0.29) is 11.4 Å². The molecule has 0 saturated carbocycles. The van der Waals surface area contributed by atoms with E-state index in [0.717, 1.165) is 5.56 Å². The molecule has 5 heteroatoms. The fourth-order valence-electron chi connectivity index (χ4n) is 1.29. The molecule has 1 atom stereocenters. The Morgan fingerprint density at radius 3 is 3.07 bits per heavy atom. The second kappa shape index (κ2) is 3.78. The minimum absolute atomic E-state index is 0.0253. The first-order valence-corrected chi connectivity index (χ1v) is 4.12. The summed E-state index contributed by atoms with van der Waals surface area (Å²) >= 11 is 0. The summed E-state index contributed by atoms with van der Waals surface area (Å²) in [5, 5.41) is 8.62. The summed E-state index contributed by atoms with van der Waals surface area (Å²) in [5.74, 6) is -0.529. The summed E-state index contributed by atoms with van der Waals surface area (Å²) in [5.41, 5.74) is 0.864. The lowest BCUT2D eigenvalue weighted by atomic mass is 9.76. The molecule has 0 N–H and O–H groups in total. The molecule has 0 amide bonds. The quantitative estimate of drug-likeness (QED) is 0.495. The van der Waals surface area contributed by atoms with Gasteiger partial charge in [-0.1, -0.05) is 6.07 Å². The molecule has 1 unspecified atom stereocenters. The first-order valence-electron chi connectivity index (χ1n) is 4.12. The van der Waals surface area contributed by atoms with Gasteiger partial charge in [-0.05, 0) is 17.7 Å². The van der Waals surface area contributed by atoms with E-state index in [1.54, 1.807) is 12.1 Å². The van der Waals surface area contributed by atoms with Crippen LogP contribution in [-0.4, -0.2) is 14.1 Å². The topological polar surface area (TPSA) is 42.2 Å². The molecule has 3 nitrogen and oxygen atoms in total. The Labute approximate surface area is 81.3 Å². The van der Waals surface area contributed by atoms with E-state index < -0.39 is 5.82 Å². The summed E-state index contributed by atoms with van der Waals surface area (Å²) in [4.78, 5) is 9.30. The van der Waals surface area contributed by atoms with Crippen LogP contribution in [0.1, 0.15) is 16.9 Å². The first kappa shape index (κ1) is 9.19. The summed E-state index contributed by atoms with van der Waals surface area (Å²) < 4.78 is 13.0. The molecule has 1 aliphatic heterocycles. The number of nitriles is 1. The lowest BCUT2D eigenvalue weighted by Crippen LogP contribution is -2.05. The van der Waals surface area contributed by atoms with Crippen molar-refractivity contribution in [2.75, 3.05) is 6.61 Å². The molecule has 69 valence electrons. The fourth-order valence-corrected chi connectivity index (χ4v) is 1.29. The van der Waals surface area contributed by atoms with Gasteiger partial charge in [0.15, 0.2) is 0 Å². The number of benzene rings is 1. The Hall–Kier alpha value is -1.38. The average Bonchev–Trinajstić information content (AvgIpc) is 2.71. The Kier molecular flexibility index (Phi) is 2.48. The van der Waals surface area contributed by atoms with Crippen LogP contribution in [0.5, 0.6) is 0 Å². The van der Waals surface area contributed by atoms with Crippen LogP contribution in [0, 0.1) is 17.1 Å². The second-order valence-corrected chi connectivity index (χ2v) is 2.97. The van der Waals surface area contributed by atoms with Crippen molar-refractivity contribution in [1.82, 2.24) is 0 Å². The largest absolute Gasteiger partial charge is 0.354 e. The van der Waals surface area contributed by atoms with Crippen molar-refractivity contribution in [3.8, 4) is 6.07 Å². The van der Waals surface area contributed by atoms with Gasteiger partial charge in [0, 0.05) is 5.82 Å². The molecule has 0 spiro atoms. The van der Waals surface area contributed by atoms with Crippen molar-refractivity contribution in [2.45, 2.75) is 5.82 Å². The zero-order valence-corrected chi connectivity index (χ0v) is 7.24. The standard InChI is InChI=1S/C9H6BFNO2/c11-9-2-1-6(3-7(9)4-12)8-5-13-14-10-8/h1-3,8H,5H2. The van der Waals surface area contributed by atoms with Crippen LogP contribution in [0.3, 0.4) is 0 Å². The highest BCUT2D eigenvalue weighted by Crippen LogP contribution is 2.21. The minimum atomic E-state index is -0.504. The molecule has 0 aromatic heterocycles. The minimum Gasteiger partial charge on any atom is -0.310 e. The SMILES string of the molecule is N#Cc1cc(C2[B]OOC2)ccc1F. The third-order valence-corrected chi connectivity index (χ3v) is 2.07. The third-order valence-electron chi connectivity index (χ3n) is 2.07. The predicted octanol–water partition coefficient (Wildman–Crippen LogP) is 1.32. The van der Waals surface area contributed by atoms with E-state index in [1.165, 1.54) is 19.6 Å². The zero-order chi connectivity index (χ0) is 9.97. The highest BCUT2D eigenvalue weighted by molar-refractivity contribution is 6.30. The van der Waals surface area contributed by atoms with Gasteiger partial charge < -0.3 is 4.81 Å². The maximum Gasteiger partial charge on any atom is 0.354 e. The van der Waals surface area contributed by atoms with Crippen LogP contribution in [0.2, 0.25) is 0 Å². The molecule has 0 aliphatic carbocycles. The molecular weight excluding hydrogens is 184 g/mol. The van der Waals surface area contributed by atoms with Gasteiger partial charge in [0.05, 0.1) is 12.2 Å². The molecule has 1 aromatic rings. The Morgan fingerprint density at radius 2 is 2.43 bits per heavy atom. The number of hydrogen-bond acceptors (Lipinski definition) is 3. The van der Waals surface area contributed by atoms with Crippen molar-refractivity contribution >= 4 is 7.48 Å². The fraction of sp³-hybridized carbons (Fsp3) is 0.222. The van der Waals surface area contributed by atoms with E-state index >= 15 is 0 Å². The van der Waals surface area contributed by atoms with Crippen LogP contribution < -0.4 is 0 Å². The second-order valence-electron chi connectivity index (χ2n) is 2.97. The summed E-state index contributed by atoms with van der Waals surface area (Å²) in [6, 6.07) is 6.20. The van der Waals surface area contributed by atoms with Crippen molar-refractivity contribution in [1.29, 1.82) is 5.26 Å². The molecule has 1 aliphatic rings. The molecule has 1 saturated heterocycles. The molecule has 2 rings (SSSR count). The van der Waals surface area contributed by atoms with Gasteiger partial charge in [-0.2, -0.15) is 5.26 Å². The molecule has 1 radical (unpaired) electrons. The molecule has 14 heavy (non-hydrogen) atoms. The molecule has 1 heterocycles. The maximum absolute atomic E-state index is 13.0. The van der Waals surface area contributed by atoms with E-state index in [4.69, 9.17) is 5.26 Å². The smallest absolute Gasteiger partial charge is 0.310 e. The van der Waals surface area contributed by atoms with E-state index in [0.29, 0.717) is 6.61 Å². The van der Waals surface area contributed by atoms with Gasteiger partial charge in [-0.15, -0.1) is 0 Å². The van der Waals surface area contributed by atoms with Crippen LogP contribution in [-0.2, 0) is 9.69 Å². The summed E-state index contributed by atoms with van der Waals surface area (Å²) in [6.45, 7) is 0.399. The highest BCUT2D eigenvalue weighted by atomic mass is 19.1. The van der Waals surface area contributed by atoms with Crippen LogP contribution in [0.4, 0.5) is 4.39 Å². The van der Waals surface area contributed by atoms with Gasteiger partial charge >= 0.3 is 7.48 Å². The van der Waals surface area contributed by atoms with E-state index in [2.05, 4.69) is 9.69 Å². The zero-order valence-electron chi connectivity index (χ0n) is 7.24. The van der Waals surface area contributed by atoms with Crippen LogP contribution >= 0.6 is 0 Å². The van der Waals surface area contributed by atoms with Gasteiger partial charge in [0.25, 0.3) is 0 Å². The molecule has 1 fully saturated rings. The number of rotatable bonds is 1. The van der Waals surface area contributed by atoms with Crippen LogP contribution in [0.25, 0.3) is 0 Å². The third kappa shape index (κ3) is 1.62. The number of hydrogen-bond donors (Lipinski definition) is 0. The molecule has 1 aromatic carbocycles. The molecular formula is C9H6BFNO2. The number of nitrogens with zero attached hydrogens (tertiary/aromatic N) is 1. The van der Waals surface area contributed by atoms with Crippen LogP contribution in [0.15, 0.2) is 18.2 Å². The summed E-state index contributed by atoms with van der Waals surface area (Å²) in [6.07, 6.45) is 0. The van der Waals surface area contributed by atoms with Crippen molar-refractivity contribution in [2.24, 2.45) is 0 Å². The maximum atomic E-state index is 13.0. The van der Waals surface area contributed by atoms with Crippen molar-refractivity contribution in [3.63, 3.8) is 0 Å². The lowest BCUT2D eigenvalue weighted by molar-refractivity contribution is -0.183.